The molecule has 3 nitrogen and oxygen atoms in total. The van der Waals surface area contributed by atoms with Gasteiger partial charge in [-0.15, -0.1) is 0 Å². The number of hydrogen-bond donors (Lipinski definition) is 2. The van der Waals surface area contributed by atoms with E-state index < -0.39 is 6.16 Å². The molecule has 0 bridgehead atoms. The molecular formula is CH3NaNiO3. The maximum atomic E-state index is 8.56. The molecule has 0 saturated carbocycles. The zero-order valence-corrected chi connectivity index (χ0v) is 6.11. The number of hydrogen-bond acceptors (Lipinski definition) is 1. The SMILES string of the molecule is O=C(O)O.[H-].[Na+].[Ni]. The van der Waals surface area contributed by atoms with Crippen molar-refractivity contribution in [2.24, 2.45) is 0 Å². The second kappa shape index (κ2) is 9.23. The molecule has 6 heavy (non-hydrogen) atoms. The van der Waals surface area contributed by atoms with E-state index in [0.29, 0.717) is 0 Å². The standard InChI is InChI=1S/CH2O3.Na.Ni.H/c2-1(3)4;;;/h(H2,2,3,4);;;/q;+1;;-1. The van der Waals surface area contributed by atoms with Gasteiger partial charge in [-0.25, -0.2) is 4.79 Å². The Balaban J connectivity index is -0.0000000150. The fourth-order valence-electron chi connectivity index (χ4n) is 0. The normalized spacial score (nSPS) is 4.00. The van der Waals surface area contributed by atoms with Gasteiger partial charge in [0.25, 0.3) is 0 Å². The summed E-state index contributed by atoms with van der Waals surface area (Å²) >= 11 is 0. The van der Waals surface area contributed by atoms with Gasteiger partial charge in [0.15, 0.2) is 0 Å². The Morgan fingerprint density at radius 2 is 1.50 bits per heavy atom. The zero-order chi connectivity index (χ0) is 3.58. The average molecular weight is 145 g/mol. The van der Waals surface area contributed by atoms with Gasteiger partial charge in [-0.2, -0.15) is 0 Å². The monoisotopic (exact) mass is 144 g/mol. The van der Waals surface area contributed by atoms with Gasteiger partial charge >= 0.3 is 35.7 Å². The Labute approximate surface area is 68.4 Å². The van der Waals surface area contributed by atoms with E-state index in [2.05, 4.69) is 0 Å². The van der Waals surface area contributed by atoms with E-state index in [-0.39, 0.29) is 47.5 Å². The Hall–Kier alpha value is 0.764. The van der Waals surface area contributed by atoms with Gasteiger partial charge in [-0.3, -0.25) is 0 Å². The van der Waals surface area contributed by atoms with Crippen molar-refractivity contribution in [2.75, 3.05) is 0 Å². The molecule has 0 aromatic carbocycles. The summed E-state index contributed by atoms with van der Waals surface area (Å²) in [5.41, 5.74) is 0. The molecule has 0 amide bonds. The van der Waals surface area contributed by atoms with Gasteiger partial charge in [-0.05, 0) is 0 Å². The van der Waals surface area contributed by atoms with Gasteiger partial charge < -0.3 is 11.6 Å². The molecular weight excluding hydrogens is 142 g/mol. The largest absolute Gasteiger partial charge is 1.00 e. The first kappa shape index (κ1) is 15.9. The van der Waals surface area contributed by atoms with Crippen LogP contribution in [0, 0.1) is 0 Å². The fraction of sp³-hybridized carbons (Fsp3) is 0. The maximum Gasteiger partial charge on any atom is 1.00 e. The summed E-state index contributed by atoms with van der Waals surface area (Å²) in [5, 5.41) is 13.9. The molecule has 0 aliphatic heterocycles. The van der Waals surface area contributed by atoms with Crippen LogP contribution in [0.5, 0.6) is 0 Å². The van der Waals surface area contributed by atoms with Crippen LogP contribution in [0.1, 0.15) is 1.43 Å². The first-order valence-corrected chi connectivity index (χ1v) is 0.651. The van der Waals surface area contributed by atoms with Gasteiger partial charge in [0.2, 0.25) is 0 Å². The zero-order valence-electron chi connectivity index (χ0n) is 4.12. The van der Waals surface area contributed by atoms with Gasteiger partial charge in [0.1, 0.15) is 0 Å². The number of carboxylic acid groups (broad SMARTS) is 2. The van der Waals surface area contributed by atoms with Crippen LogP contribution in [0.4, 0.5) is 4.79 Å². The van der Waals surface area contributed by atoms with Crippen molar-refractivity contribution in [3.8, 4) is 0 Å². The second-order valence-corrected chi connectivity index (χ2v) is 0.283. The smallest absolute Gasteiger partial charge is 1.00 e. The van der Waals surface area contributed by atoms with Crippen LogP contribution in [0.2, 0.25) is 0 Å². The van der Waals surface area contributed by atoms with E-state index in [9.17, 15) is 0 Å². The predicted octanol–water partition coefficient (Wildman–Crippen LogP) is -2.66. The van der Waals surface area contributed by atoms with Crippen molar-refractivity contribution in [1.29, 1.82) is 0 Å². The first-order chi connectivity index (χ1) is 1.73. The molecule has 0 atom stereocenters. The van der Waals surface area contributed by atoms with E-state index in [1.165, 1.54) is 0 Å². The quantitative estimate of drug-likeness (QED) is 0.365. The van der Waals surface area contributed by atoms with Crippen molar-refractivity contribution in [3.05, 3.63) is 0 Å². The molecule has 0 fully saturated rings. The van der Waals surface area contributed by atoms with Crippen LogP contribution < -0.4 is 29.6 Å². The van der Waals surface area contributed by atoms with Crippen LogP contribution in [0.3, 0.4) is 0 Å². The second-order valence-electron chi connectivity index (χ2n) is 0.283. The Morgan fingerprint density at radius 1 is 1.50 bits per heavy atom. The molecule has 0 spiro atoms. The third kappa shape index (κ3) is 116. The molecule has 0 aliphatic rings. The van der Waals surface area contributed by atoms with Crippen molar-refractivity contribution in [2.45, 2.75) is 0 Å². The molecule has 0 aliphatic carbocycles. The van der Waals surface area contributed by atoms with E-state index in [0.717, 1.165) is 0 Å². The molecule has 36 valence electrons. The summed E-state index contributed by atoms with van der Waals surface area (Å²) in [5.74, 6) is 0. The third-order valence-corrected chi connectivity index (χ3v) is 0. The van der Waals surface area contributed by atoms with Crippen LogP contribution in [-0.4, -0.2) is 16.4 Å². The van der Waals surface area contributed by atoms with Gasteiger partial charge in [0, 0.05) is 16.5 Å². The maximum absolute atomic E-state index is 8.56. The number of carbonyl (C=O) groups is 1. The fourth-order valence-corrected chi connectivity index (χ4v) is 0. The van der Waals surface area contributed by atoms with Crippen molar-refractivity contribution in [1.82, 2.24) is 0 Å². The van der Waals surface area contributed by atoms with Gasteiger partial charge in [0.05, 0.1) is 0 Å². The van der Waals surface area contributed by atoms with E-state index in [1.807, 2.05) is 0 Å². The summed E-state index contributed by atoms with van der Waals surface area (Å²) in [6.07, 6.45) is -1.83. The summed E-state index contributed by atoms with van der Waals surface area (Å²) in [7, 11) is 0. The van der Waals surface area contributed by atoms with E-state index in [4.69, 9.17) is 15.0 Å². The first-order valence-electron chi connectivity index (χ1n) is 0.651. The summed E-state index contributed by atoms with van der Waals surface area (Å²) in [6.45, 7) is 0. The molecule has 2 N–H and O–H groups in total. The van der Waals surface area contributed by atoms with Crippen LogP contribution in [0.25, 0.3) is 0 Å². The Morgan fingerprint density at radius 3 is 1.50 bits per heavy atom. The van der Waals surface area contributed by atoms with Crippen molar-refractivity contribution < 1.29 is 62.5 Å². The summed E-state index contributed by atoms with van der Waals surface area (Å²) < 4.78 is 0. The molecule has 0 aromatic rings. The molecule has 0 unspecified atom stereocenters. The minimum atomic E-state index is -1.83. The Bertz CT molecular complexity index is 37.9. The van der Waals surface area contributed by atoms with Crippen molar-refractivity contribution >= 4 is 6.16 Å². The van der Waals surface area contributed by atoms with Gasteiger partial charge in [-0.1, -0.05) is 0 Å². The summed E-state index contributed by atoms with van der Waals surface area (Å²) in [4.78, 5) is 8.56. The minimum absolute atomic E-state index is 0. The van der Waals surface area contributed by atoms with E-state index >= 15 is 0 Å². The topological polar surface area (TPSA) is 57.5 Å². The molecule has 0 saturated heterocycles. The van der Waals surface area contributed by atoms with Crippen LogP contribution in [-0.2, 0) is 16.5 Å². The summed E-state index contributed by atoms with van der Waals surface area (Å²) in [6, 6.07) is 0. The predicted molar refractivity (Wildman–Crippen MR) is 11.8 cm³/mol. The van der Waals surface area contributed by atoms with E-state index in [1.54, 1.807) is 0 Å². The molecule has 0 rings (SSSR count). The van der Waals surface area contributed by atoms with Crippen LogP contribution in [0.15, 0.2) is 0 Å². The van der Waals surface area contributed by atoms with Crippen molar-refractivity contribution in [3.63, 3.8) is 0 Å². The molecule has 0 aromatic heterocycles. The third-order valence-electron chi connectivity index (χ3n) is 0. The molecule has 0 heterocycles. The molecule has 5 heteroatoms. The number of rotatable bonds is 0. The molecule has 0 radical (unpaired) electrons. The average Bonchev–Trinajstić information content (AvgIpc) is 0.811. The Kier molecular flexibility index (Phi) is 24.4. The van der Waals surface area contributed by atoms with Crippen LogP contribution >= 0.6 is 0 Å². The minimum Gasteiger partial charge on any atom is -1.00 e.